The molecule has 1 saturated carbocycles. The molecule has 1 rings (SSSR count). The minimum Gasteiger partial charge on any atom is -0.356 e. The van der Waals surface area contributed by atoms with E-state index in [0.717, 1.165) is 32.2 Å². The summed E-state index contributed by atoms with van der Waals surface area (Å²) in [6.45, 7) is 9.53. The van der Waals surface area contributed by atoms with Crippen molar-refractivity contribution in [3.63, 3.8) is 0 Å². The van der Waals surface area contributed by atoms with E-state index in [0.29, 0.717) is 5.92 Å². The third-order valence-corrected chi connectivity index (χ3v) is 3.78. The monoisotopic (exact) mass is 240 g/mol. The van der Waals surface area contributed by atoms with Crippen LogP contribution in [0.25, 0.3) is 0 Å². The fourth-order valence-corrected chi connectivity index (χ4v) is 2.36. The summed E-state index contributed by atoms with van der Waals surface area (Å²) < 4.78 is 0. The van der Waals surface area contributed by atoms with Crippen LogP contribution in [0.2, 0.25) is 0 Å². The van der Waals surface area contributed by atoms with Crippen LogP contribution in [0.1, 0.15) is 53.4 Å². The van der Waals surface area contributed by atoms with Crippen molar-refractivity contribution in [2.45, 2.75) is 59.4 Å². The van der Waals surface area contributed by atoms with E-state index < -0.39 is 0 Å². The van der Waals surface area contributed by atoms with Crippen LogP contribution in [0, 0.1) is 17.3 Å². The highest BCUT2D eigenvalue weighted by molar-refractivity contribution is 5.78. The van der Waals surface area contributed by atoms with Gasteiger partial charge in [0, 0.05) is 18.5 Å². The Kier molecular flexibility index (Phi) is 4.99. The summed E-state index contributed by atoms with van der Waals surface area (Å²) in [4.78, 5) is 12.0. The summed E-state index contributed by atoms with van der Waals surface area (Å²) in [5, 5.41) is 3.06. The zero-order chi connectivity index (χ0) is 13.1. The Bertz CT molecular complexity index is 257. The summed E-state index contributed by atoms with van der Waals surface area (Å²) in [5.41, 5.74) is 6.25. The Morgan fingerprint density at radius 3 is 2.53 bits per heavy atom. The molecule has 3 atom stereocenters. The highest BCUT2D eigenvalue weighted by atomic mass is 16.1. The van der Waals surface area contributed by atoms with Crippen LogP contribution in [0.4, 0.5) is 0 Å². The second kappa shape index (κ2) is 5.85. The number of carbonyl (C=O) groups is 1. The maximum absolute atomic E-state index is 12.0. The summed E-state index contributed by atoms with van der Waals surface area (Å²) in [6, 6.07) is 0.286. The average Bonchev–Trinajstić information content (AvgIpc) is 2.20. The van der Waals surface area contributed by atoms with Gasteiger partial charge in [0.15, 0.2) is 0 Å². The molecule has 0 heterocycles. The van der Waals surface area contributed by atoms with Crippen LogP contribution in [0.15, 0.2) is 0 Å². The largest absolute Gasteiger partial charge is 0.356 e. The van der Waals surface area contributed by atoms with Gasteiger partial charge >= 0.3 is 0 Å². The second-order valence-electron chi connectivity index (χ2n) is 6.75. The van der Waals surface area contributed by atoms with E-state index in [-0.39, 0.29) is 23.3 Å². The maximum Gasteiger partial charge on any atom is 0.223 e. The third kappa shape index (κ3) is 5.07. The molecule has 0 aromatic heterocycles. The van der Waals surface area contributed by atoms with Gasteiger partial charge < -0.3 is 11.1 Å². The Hall–Kier alpha value is -0.570. The smallest absolute Gasteiger partial charge is 0.223 e. The Labute approximate surface area is 106 Å². The molecule has 1 aliphatic carbocycles. The van der Waals surface area contributed by atoms with Crippen molar-refractivity contribution in [1.82, 2.24) is 5.32 Å². The van der Waals surface area contributed by atoms with Crippen LogP contribution >= 0.6 is 0 Å². The lowest BCUT2D eigenvalue weighted by molar-refractivity contribution is -0.126. The normalized spacial score (nSPS) is 30.1. The van der Waals surface area contributed by atoms with Gasteiger partial charge in [-0.3, -0.25) is 4.79 Å². The van der Waals surface area contributed by atoms with Gasteiger partial charge in [-0.15, -0.1) is 0 Å². The first-order valence-corrected chi connectivity index (χ1v) is 6.83. The first kappa shape index (κ1) is 14.5. The molecule has 0 aromatic carbocycles. The number of hydrogen-bond acceptors (Lipinski definition) is 2. The predicted octanol–water partition coefficient (Wildman–Crippen LogP) is 2.30. The van der Waals surface area contributed by atoms with E-state index in [2.05, 4.69) is 33.0 Å². The molecule has 0 saturated heterocycles. The van der Waals surface area contributed by atoms with E-state index in [9.17, 15) is 4.79 Å². The van der Waals surface area contributed by atoms with Gasteiger partial charge in [-0.1, -0.05) is 27.7 Å². The van der Waals surface area contributed by atoms with Crippen LogP contribution in [0.3, 0.4) is 0 Å². The van der Waals surface area contributed by atoms with E-state index >= 15 is 0 Å². The molecule has 3 heteroatoms. The Morgan fingerprint density at radius 2 is 2.00 bits per heavy atom. The van der Waals surface area contributed by atoms with Crippen LogP contribution in [-0.4, -0.2) is 18.5 Å². The highest BCUT2D eigenvalue weighted by Gasteiger charge is 2.29. The summed E-state index contributed by atoms with van der Waals surface area (Å²) in [5.74, 6) is 0.889. The number of nitrogens with one attached hydrogen (secondary N) is 1. The standard InChI is InChI=1S/C14H28N2O/c1-10-9-11(5-6-12(10)15)13(17)16-8-7-14(2,3)4/h10-12H,5-9,15H2,1-4H3,(H,16,17). The molecular weight excluding hydrogens is 212 g/mol. The second-order valence-corrected chi connectivity index (χ2v) is 6.75. The molecule has 100 valence electrons. The Morgan fingerprint density at radius 1 is 1.35 bits per heavy atom. The van der Waals surface area contributed by atoms with Crippen LogP contribution < -0.4 is 11.1 Å². The van der Waals surface area contributed by atoms with Crippen LogP contribution in [0.5, 0.6) is 0 Å². The van der Waals surface area contributed by atoms with Crippen molar-refractivity contribution in [3.8, 4) is 0 Å². The fourth-order valence-electron chi connectivity index (χ4n) is 2.36. The summed E-state index contributed by atoms with van der Waals surface area (Å²) >= 11 is 0. The van der Waals surface area contributed by atoms with Crippen LogP contribution in [-0.2, 0) is 4.79 Å². The fraction of sp³-hybridized carbons (Fsp3) is 0.929. The zero-order valence-electron chi connectivity index (χ0n) is 11.8. The van der Waals surface area contributed by atoms with Crippen molar-refractivity contribution < 1.29 is 4.79 Å². The number of hydrogen-bond donors (Lipinski definition) is 2. The van der Waals surface area contributed by atoms with Gasteiger partial charge in [-0.05, 0) is 37.0 Å². The Balaban J connectivity index is 2.29. The molecule has 3 nitrogen and oxygen atoms in total. The van der Waals surface area contributed by atoms with E-state index in [1.807, 2.05) is 0 Å². The molecule has 1 fully saturated rings. The lowest BCUT2D eigenvalue weighted by Crippen LogP contribution is -2.41. The molecule has 0 aromatic rings. The number of rotatable bonds is 3. The highest BCUT2D eigenvalue weighted by Crippen LogP contribution is 2.28. The first-order chi connectivity index (χ1) is 7.79. The summed E-state index contributed by atoms with van der Waals surface area (Å²) in [6.07, 6.45) is 3.91. The molecule has 0 bridgehead atoms. The van der Waals surface area contributed by atoms with Crippen molar-refractivity contribution in [1.29, 1.82) is 0 Å². The van der Waals surface area contributed by atoms with E-state index in [4.69, 9.17) is 5.73 Å². The van der Waals surface area contributed by atoms with Crippen molar-refractivity contribution in [2.75, 3.05) is 6.54 Å². The molecule has 1 aliphatic rings. The predicted molar refractivity (Wildman–Crippen MR) is 71.6 cm³/mol. The molecule has 3 N–H and O–H groups in total. The van der Waals surface area contributed by atoms with Crippen molar-refractivity contribution >= 4 is 5.91 Å². The minimum absolute atomic E-state index is 0.185. The number of amides is 1. The minimum atomic E-state index is 0.185. The van der Waals surface area contributed by atoms with Gasteiger partial charge in [-0.25, -0.2) is 0 Å². The van der Waals surface area contributed by atoms with Gasteiger partial charge in [-0.2, -0.15) is 0 Å². The van der Waals surface area contributed by atoms with Crippen molar-refractivity contribution in [2.24, 2.45) is 23.0 Å². The lowest BCUT2D eigenvalue weighted by Gasteiger charge is -2.31. The molecule has 17 heavy (non-hydrogen) atoms. The van der Waals surface area contributed by atoms with Gasteiger partial charge in [0.25, 0.3) is 0 Å². The SMILES string of the molecule is CC1CC(C(=O)NCCC(C)(C)C)CCC1N. The van der Waals surface area contributed by atoms with Gasteiger partial charge in [0.2, 0.25) is 5.91 Å². The van der Waals surface area contributed by atoms with E-state index in [1.165, 1.54) is 0 Å². The molecule has 1 amide bonds. The molecule has 0 spiro atoms. The topological polar surface area (TPSA) is 55.1 Å². The molecule has 3 unspecified atom stereocenters. The molecular formula is C14H28N2O. The van der Waals surface area contributed by atoms with Gasteiger partial charge in [0.05, 0.1) is 0 Å². The van der Waals surface area contributed by atoms with E-state index in [1.54, 1.807) is 0 Å². The molecule has 0 radical (unpaired) electrons. The van der Waals surface area contributed by atoms with Crippen molar-refractivity contribution in [3.05, 3.63) is 0 Å². The zero-order valence-corrected chi connectivity index (χ0v) is 11.8. The first-order valence-electron chi connectivity index (χ1n) is 6.83. The number of nitrogens with two attached hydrogens (primary N) is 1. The summed E-state index contributed by atoms with van der Waals surface area (Å²) in [7, 11) is 0. The third-order valence-electron chi connectivity index (χ3n) is 3.78. The van der Waals surface area contributed by atoms with Gasteiger partial charge in [0.1, 0.15) is 0 Å². The lowest BCUT2D eigenvalue weighted by atomic mass is 9.79. The quantitative estimate of drug-likeness (QED) is 0.795. The average molecular weight is 240 g/mol. The maximum atomic E-state index is 12.0. The number of carbonyl (C=O) groups excluding carboxylic acids is 1. The molecule has 0 aliphatic heterocycles.